The maximum Gasteiger partial charge on any atom is 0.174 e. The number of aliphatic imine (C=N–C) groups is 1. The molecular formula is C28H27IN2O2. The number of rotatable bonds is 6. The summed E-state index contributed by atoms with van der Waals surface area (Å²) in [5.41, 5.74) is 5.88. The summed E-state index contributed by atoms with van der Waals surface area (Å²) in [6.45, 7) is 2.56. The van der Waals surface area contributed by atoms with Gasteiger partial charge in [0, 0.05) is 17.8 Å². The number of nitrogens with zero attached hydrogens (tertiary/aromatic N) is 1. The molecule has 0 saturated carbocycles. The van der Waals surface area contributed by atoms with Crippen LogP contribution in [0.2, 0.25) is 0 Å². The van der Waals surface area contributed by atoms with Gasteiger partial charge in [-0.15, -0.1) is 0 Å². The van der Waals surface area contributed by atoms with Crippen molar-refractivity contribution in [3.63, 3.8) is 0 Å². The summed E-state index contributed by atoms with van der Waals surface area (Å²) in [5, 5.41) is 3.79. The molecule has 5 heteroatoms. The highest BCUT2D eigenvalue weighted by atomic mass is 127. The van der Waals surface area contributed by atoms with E-state index in [2.05, 4.69) is 94.7 Å². The smallest absolute Gasteiger partial charge is 0.174 e. The Morgan fingerprint density at radius 1 is 1.12 bits per heavy atom. The van der Waals surface area contributed by atoms with E-state index < -0.39 is 0 Å². The number of hydrogen-bond acceptors (Lipinski definition) is 4. The Morgan fingerprint density at radius 2 is 1.94 bits per heavy atom. The van der Waals surface area contributed by atoms with Crippen molar-refractivity contribution in [3.8, 4) is 11.5 Å². The molecule has 1 heterocycles. The van der Waals surface area contributed by atoms with Crippen LogP contribution in [0.15, 0.2) is 77.8 Å². The first kappa shape index (κ1) is 22.0. The van der Waals surface area contributed by atoms with Crippen molar-refractivity contribution in [2.24, 2.45) is 10.9 Å². The minimum Gasteiger partial charge on any atom is -0.492 e. The van der Waals surface area contributed by atoms with Gasteiger partial charge in [0.2, 0.25) is 0 Å². The highest BCUT2D eigenvalue weighted by molar-refractivity contribution is 14.1. The monoisotopic (exact) mass is 550 g/mol. The third kappa shape index (κ3) is 4.38. The van der Waals surface area contributed by atoms with E-state index in [9.17, 15) is 0 Å². The van der Waals surface area contributed by atoms with E-state index in [1.165, 1.54) is 16.8 Å². The molecule has 1 aliphatic carbocycles. The Labute approximate surface area is 208 Å². The van der Waals surface area contributed by atoms with Crippen molar-refractivity contribution in [1.29, 1.82) is 0 Å². The molecule has 33 heavy (non-hydrogen) atoms. The fraction of sp³-hybridized carbons (Fsp3) is 0.250. The van der Waals surface area contributed by atoms with Crippen molar-refractivity contribution < 1.29 is 9.47 Å². The van der Waals surface area contributed by atoms with Gasteiger partial charge in [-0.1, -0.05) is 42.5 Å². The number of benzene rings is 3. The topological polar surface area (TPSA) is 42.8 Å². The molecule has 0 amide bonds. The zero-order chi connectivity index (χ0) is 22.8. The highest BCUT2D eigenvalue weighted by Gasteiger charge is 2.37. The number of hydrogen-bond donors (Lipinski definition) is 1. The van der Waals surface area contributed by atoms with Crippen LogP contribution in [0.3, 0.4) is 0 Å². The van der Waals surface area contributed by atoms with Crippen molar-refractivity contribution in [1.82, 2.24) is 0 Å². The third-order valence-corrected chi connectivity index (χ3v) is 7.22. The van der Waals surface area contributed by atoms with E-state index in [0.717, 1.165) is 32.7 Å². The number of fused-ring (bicyclic) bond motifs is 3. The normalized spacial score (nSPS) is 20.9. The quantitative estimate of drug-likeness (QED) is 0.199. The molecule has 3 aromatic carbocycles. The van der Waals surface area contributed by atoms with E-state index in [1.807, 2.05) is 19.2 Å². The van der Waals surface area contributed by atoms with Gasteiger partial charge in [-0.25, -0.2) is 0 Å². The van der Waals surface area contributed by atoms with Crippen LogP contribution in [-0.2, 0) is 0 Å². The van der Waals surface area contributed by atoms with Gasteiger partial charge < -0.3 is 14.8 Å². The standard InChI is InChI=1S/C28H27IN2O2/c1-3-33-26-16-18(15-24(29)28(26)32-2)17-30-20-13-11-19(12-14-20)27-23-9-6-8-21(23)22-7-4-5-10-25(22)31-27/h4-8,10-17,21,23,27,31H,3,9H2,1-2H3/t21-,23-,27-/m0/s1. The van der Waals surface area contributed by atoms with Crippen LogP contribution >= 0.6 is 22.6 Å². The van der Waals surface area contributed by atoms with Gasteiger partial charge in [-0.2, -0.15) is 0 Å². The lowest BCUT2D eigenvalue weighted by atomic mass is 9.77. The molecule has 5 rings (SSSR count). The van der Waals surface area contributed by atoms with Gasteiger partial charge >= 0.3 is 0 Å². The minimum atomic E-state index is 0.301. The van der Waals surface area contributed by atoms with Crippen LogP contribution in [-0.4, -0.2) is 19.9 Å². The van der Waals surface area contributed by atoms with Crippen LogP contribution in [0.25, 0.3) is 0 Å². The number of anilines is 1. The molecule has 1 aliphatic heterocycles. The lowest BCUT2D eigenvalue weighted by molar-refractivity contribution is 0.309. The Balaban J connectivity index is 1.36. The van der Waals surface area contributed by atoms with E-state index in [4.69, 9.17) is 14.5 Å². The molecule has 0 radical (unpaired) electrons. The number of para-hydroxylation sites is 1. The number of methoxy groups -OCH3 is 1. The fourth-order valence-corrected chi connectivity index (χ4v) is 5.76. The Morgan fingerprint density at radius 3 is 2.73 bits per heavy atom. The molecule has 0 aromatic heterocycles. The zero-order valence-electron chi connectivity index (χ0n) is 18.8. The van der Waals surface area contributed by atoms with Crippen molar-refractivity contribution in [3.05, 3.63) is 93.1 Å². The van der Waals surface area contributed by atoms with E-state index >= 15 is 0 Å². The molecule has 0 saturated heterocycles. The second-order valence-corrected chi connectivity index (χ2v) is 9.54. The Hall–Kier alpha value is -2.80. The van der Waals surface area contributed by atoms with Gasteiger partial charge in [0.05, 0.1) is 29.0 Å². The number of halogens is 1. The average molecular weight is 550 g/mol. The number of allylic oxidation sites excluding steroid dienone is 2. The second kappa shape index (κ2) is 9.59. The molecule has 1 N–H and O–H groups in total. The molecule has 3 aromatic rings. The highest BCUT2D eigenvalue weighted by Crippen LogP contribution is 2.49. The van der Waals surface area contributed by atoms with E-state index in [-0.39, 0.29) is 0 Å². The molecule has 4 nitrogen and oxygen atoms in total. The largest absolute Gasteiger partial charge is 0.492 e. The molecule has 0 spiro atoms. The van der Waals surface area contributed by atoms with Crippen LogP contribution in [0, 0.1) is 9.49 Å². The van der Waals surface area contributed by atoms with Crippen molar-refractivity contribution in [2.75, 3.05) is 19.0 Å². The maximum atomic E-state index is 5.74. The summed E-state index contributed by atoms with van der Waals surface area (Å²) in [5.74, 6) is 2.54. The van der Waals surface area contributed by atoms with E-state index in [0.29, 0.717) is 24.5 Å². The minimum absolute atomic E-state index is 0.301. The summed E-state index contributed by atoms with van der Waals surface area (Å²) in [6.07, 6.45) is 7.69. The van der Waals surface area contributed by atoms with Crippen molar-refractivity contribution >= 4 is 40.2 Å². The van der Waals surface area contributed by atoms with Gasteiger partial charge in [0.1, 0.15) is 0 Å². The summed E-state index contributed by atoms with van der Waals surface area (Å²) in [7, 11) is 1.67. The zero-order valence-corrected chi connectivity index (χ0v) is 21.0. The lowest BCUT2D eigenvalue weighted by Gasteiger charge is -2.37. The Kier molecular flexibility index (Phi) is 6.40. The summed E-state index contributed by atoms with van der Waals surface area (Å²) in [4.78, 5) is 4.71. The molecule has 0 bridgehead atoms. The van der Waals surface area contributed by atoms with Gasteiger partial charge in [-0.3, -0.25) is 4.99 Å². The van der Waals surface area contributed by atoms with Crippen LogP contribution in [0.4, 0.5) is 11.4 Å². The number of nitrogens with one attached hydrogen (secondary N) is 1. The van der Waals surface area contributed by atoms with Gasteiger partial charge in [0.25, 0.3) is 0 Å². The summed E-state index contributed by atoms with van der Waals surface area (Å²) >= 11 is 2.27. The van der Waals surface area contributed by atoms with Crippen LogP contribution in [0.1, 0.15) is 42.0 Å². The first-order valence-corrected chi connectivity index (χ1v) is 12.4. The summed E-state index contributed by atoms with van der Waals surface area (Å²) in [6, 6.07) is 21.6. The van der Waals surface area contributed by atoms with E-state index in [1.54, 1.807) is 7.11 Å². The number of ether oxygens (including phenoxy) is 2. The lowest BCUT2D eigenvalue weighted by Crippen LogP contribution is -2.28. The first-order valence-electron chi connectivity index (χ1n) is 11.3. The average Bonchev–Trinajstić information content (AvgIpc) is 3.33. The predicted octanol–water partition coefficient (Wildman–Crippen LogP) is 7.28. The fourth-order valence-electron chi connectivity index (χ4n) is 4.91. The SMILES string of the molecule is CCOc1cc(C=Nc2ccc([C@@H]3Nc4ccccc4[C@@H]4C=CC[C@@H]43)cc2)cc(I)c1OC. The van der Waals surface area contributed by atoms with Crippen LogP contribution in [0.5, 0.6) is 11.5 Å². The summed E-state index contributed by atoms with van der Waals surface area (Å²) < 4.78 is 12.2. The van der Waals surface area contributed by atoms with Gasteiger partial charge in [0.15, 0.2) is 11.5 Å². The predicted molar refractivity (Wildman–Crippen MR) is 143 cm³/mol. The third-order valence-electron chi connectivity index (χ3n) is 6.42. The molecule has 0 unspecified atom stereocenters. The molecule has 3 atom stereocenters. The molecular weight excluding hydrogens is 523 g/mol. The first-order chi connectivity index (χ1) is 16.2. The maximum absolute atomic E-state index is 5.74. The molecule has 168 valence electrons. The van der Waals surface area contributed by atoms with Crippen molar-refractivity contribution in [2.45, 2.75) is 25.3 Å². The molecule has 0 fully saturated rings. The van der Waals surface area contributed by atoms with Crippen LogP contribution < -0.4 is 14.8 Å². The Bertz CT molecular complexity index is 1200. The molecule has 2 aliphatic rings. The van der Waals surface area contributed by atoms with Gasteiger partial charge in [-0.05, 0) is 88.9 Å². The second-order valence-electron chi connectivity index (χ2n) is 8.38.